The predicted molar refractivity (Wildman–Crippen MR) is 81.3 cm³/mol. The van der Waals surface area contributed by atoms with Crippen LogP contribution in [-0.4, -0.2) is 43.4 Å². The van der Waals surface area contributed by atoms with Crippen molar-refractivity contribution in [2.45, 2.75) is 0 Å². The maximum Gasteiger partial charge on any atom is 0.349 e. The number of rotatable bonds is 5. The van der Waals surface area contributed by atoms with Crippen molar-refractivity contribution >= 4 is 29.0 Å². The SMILES string of the molecule is O=Cc1c(NCCN2CCNC2=O)c2ccccc2oc1=O. The normalized spacial score (nSPS) is 14.2. The molecule has 2 N–H and O–H groups in total. The zero-order chi connectivity index (χ0) is 15.5. The molecule has 22 heavy (non-hydrogen) atoms. The number of urea groups is 1. The molecular weight excluding hydrogens is 286 g/mol. The van der Waals surface area contributed by atoms with Crippen molar-refractivity contribution in [3.8, 4) is 0 Å². The fraction of sp³-hybridized carbons (Fsp3) is 0.267. The van der Waals surface area contributed by atoms with Crippen molar-refractivity contribution in [3.63, 3.8) is 0 Å². The monoisotopic (exact) mass is 301 g/mol. The number of nitrogens with one attached hydrogen (secondary N) is 2. The Morgan fingerprint density at radius 2 is 2.14 bits per heavy atom. The molecule has 0 atom stereocenters. The Morgan fingerprint density at radius 1 is 1.32 bits per heavy atom. The second-order valence-corrected chi connectivity index (χ2v) is 4.94. The molecule has 0 unspecified atom stereocenters. The minimum atomic E-state index is -0.671. The molecule has 0 radical (unpaired) electrons. The van der Waals surface area contributed by atoms with Gasteiger partial charge in [0.25, 0.3) is 0 Å². The van der Waals surface area contributed by atoms with Crippen molar-refractivity contribution in [2.75, 3.05) is 31.5 Å². The molecule has 0 spiro atoms. The number of hydrogen-bond acceptors (Lipinski definition) is 5. The third-order valence-electron chi connectivity index (χ3n) is 3.59. The molecule has 1 saturated heterocycles. The van der Waals surface area contributed by atoms with Gasteiger partial charge >= 0.3 is 11.7 Å². The molecule has 114 valence electrons. The van der Waals surface area contributed by atoms with E-state index in [4.69, 9.17) is 4.42 Å². The van der Waals surface area contributed by atoms with Crippen LogP contribution in [0.2, 0.25) is 0 Å². The van der Waals surface area contributed by atoms with Crippen LogP contribution in [-0.2, 0) is 0 Å². The quantitative estimate of drug-likeness (QED) is 0.636. The lowest BCUT2D eigenvalue weighted by atomic mass is 10.1. The smallest absolute Gasteiger partial charge is 0.349 e. The summed E-state index contributed by atoms with van der Waals surface area (Å²) >= 11 is 0. The second-order valence-electron chi connectivity index (χ2n) is 4.94. The summed E-state index contributed by atoms with van der Waals surface area (Å²) in [7, 11) is 0. The molecule has 7 heteroatoms. The van der Waals surface area contributed by atoms with Gasteiger partial charge in [0, 0.05) is 31.6 Å². The minimum absolute atomic E-state index is 0.0374. The number of carbonyl (C=O) groups excluding carboxylic acids is 2. The van der Waals surface area contributed by atoms with Crippen LogP contribution in [0.15, 0.2) is 33.5 Å². The van der Waals surface area contributed by atoms with E-state index in [1.165, 1.54) is 0 Å². The van der Waals surface area contributed by atoms with Crippen LogP contribution in [0.1, 0.15) is 10.4 Å². The number of anilines is 1. The first-order valence-electron chi connectivity index (χ1n) is 6.98. The minimum Gasteiger partial charge on any atom is -0.422 e. The van der Waals surface area contributed by atoms with E-state index in [0.717, 1.165) is 0 Å². The van der Waals surface area contributed by atoms with Crippen LogP contribution in [0, 0.1) is 0 Å². The Morgan fingerprint density at radius 3 is 2.86 bits per heavy atom. The van der Waals surface area contributed by atoms with Crippen LogP contribution in [0.4, 0.5) is 10.5 Å². The average Bonchev–Trinajstić information content (AvgIpc) is 2.92. The van der Waals surface area contributed by atoms with E-state index in [-0.39, 0.29) is 11.6 Å². The first-order chi connectivity index (χ1) is 10.7. The van der Waals surface area contributed by atoms with Gasteiger partial charge in [-0.3, -0.25) is 4.79 Å². The molecule has 2 aromatic rings. The van der Waals surface area contributed by atoms with Crippen molar-refractivity contribution in [1.82, 2.24) is 10.2 Å². The number of amides is 2. The van der Waals surface area contributed by atoms with Gasteiger partial charge in [0.1, 0.15) is 11.1 Å². The third-order valence-corrected chi connectivity index (χ3v) is 3.59. The molecule has 1 aliphatic rings. The van der Waals surface area contributed by atoms with Crippen molar-refractivity contribution in [3.05, 3.63) is 40.2 Å². The number of aldehydes is 1. The van der Waals surface area contributed by atoms with Crippen molar-refractivity contribution in [2.24, 2.45) is 0 Å². The average molecular weight is 301 g/mol. The van der Waals surface area contributed by atoms with Crippen LogP contribution >= 0.6 is 0 Å². The van der Waals surface area contributed by atoms with Gasteiger partial charge < -0.3 is 20.0 Å². The van der Waals surface area contributed by atoms with Crippen LogP contribution in [0.3, 0.4) is 0 Å². The van der Waals surface area contributed by atoms with E-state index < -0.39 is 5.63 Å². The van der Waals surface area contributed by atoms with E-state index in [0.29, 0.717) is 49.1 Å². The summed E-state index contributed by atoms with van der Waals surface area (Å²) in [6.07, 6.45) is 0.489. The summed E-state index contributed by atoms with van der Waals surface area (Å²) in [5.41, 5.74) is 0.153. The highest BCUT2D eigenvalue weighted by Gasteiger charge is 2.19. The second kappa shape index (κ2) is 5.88. The fourth-order valence-electron chi connectivity index (χ4n) is 2.50. The highest BCUT2D eigenvalue weighted by Crippen LogP contribution is 2.23. The number of para-hydroxylation sites is 1. The maximum atomic E-state index is 11.8. The van der Waals surface area contributed by atoms with Gasteiger partial charge in [0.05, 0.1) is 5.69 Å². The highest BCUT2D eigenvalue weighted by molar-refractivity contribution is 5.98. The zero-order valence-electron chi connectivity index (χ0n) is 11.8. The lowest BCUT2D eigenvalue weighted by Crippen LogP contribution is -2.32. The Labute approximate surface area is 125 Å². The molecule has 0 aliphatic carbocycles. The third kappa shape index (κ3) is 2.52. The molecule has 0 bridgehead atoms. The van der Waals surface area contributed by atoms with Gasteiger partial charge in [-0.15, -0.1) is 0 Å². The van der Waals surface area contributed by atoms with E-state index in [9.17, 15) is 14.4 Å². The molecule has 7 nitrogen and oxygen atoms in total. The van der Waals surface area contributed by atoms with E-state index in [1.807, 2.05) is 0 Å². The summed E-state index contributed by atoms with van der Waals surface area (Å²) in [6.45, 7) is 2.20. The lowest BCUT2D eigenvalue weighted by Gasteiger charge is -2.16. The summed E-state index contributed by atoms with van der Waals surface area (Å²) in [5, 5.41) is 6.46. The molecule has 1 fully saturated rings. The zero-order valence-corrected chi connectivity index (χ0v) is 11.8. The summed E-state index contributed by atoms with van der Waals surface area (Å²) in [6, 6.07) is 6.90. The molecule has 2 heterocycles. The van der Waals surface area contributed by atoms with Gasteiger partial charge in [-0.05, 0) is 12.1 Å². The predicted octanol–water partition coefficient (Wildman–Crippen LogP) is 1.04. The first-order valence-corrected chi connectivity index (χ1v) is 6.98. The van der Waals surface area contributed by atoms with Crippen LogP contribution in [0.5, 0.6) is 0 Å². The van der Waals surface area contributed by atoms with Gasteiger partial charge in [0.15, 0.2) is 6.29 Å². The standard InChI is InChI=1S/C15H15N3O4/c19-9-11-13(16-5-7-18-8-6-17-15(18)21)10-3-1-2-4-12(10)22-14(11)20/h1-4,9,16H,5-8H2,(H,17,21). The summed E-state index contributed by atoms with van der Waals surface area (Å²) in [4.78, 5) is 36.2. The largest absolute Gasteiger partial charge is 0.422 e. The van der Waals surface area contributed by atoms with Gasteiger partial charge in [0.2, 0.25) is 0 Å². The molecule has 1 aliphatic heterocycles. The van der Waals surface area contributed by atoms with E-state index in [1.54, 1.807) is 29.2 Å². The molecule has 3 rings (SSSR count). The van der Waals surface area contributed by atoms with E-state index >= 15 is 0 Å². The van der Waals surface area contributed by atoms with E-state index in [2.05, 4.69) is 10.6 Å². The Balaban J connectivity index is 1.86. The van der Waals surface area contributed by atoms with Crippen LogP contribution < -0.4 is 16.3 Å². The molecular formula is C15H15N3O4. The number of carbonyl (C=O) groups is 2. The van der Waals surface area contributed by atoms with Gasteiger partial charge in [-0.1, -0.05) is 12.1 Å². The van der Waals surface area contributed by atoms with Crippen LogP contribution in [0.25, 0.3) is 11.0 Å². The molecule has 0 saturated carbocycles. The van der Waals surface area contributed by atoms with Crippen molar-refractivity contribution in [1.29, 1.82) is 0 Å². The highest BCUT2D eigenvalue weighted by atomic mass is 16.4. The fourth-order valence-corrected chi connectivity index (χ4v) is 2.50. The van der Waals surface area contributed by atoms with Gasteiger partial charge in [-0.25, -0.2) is 9.59 Å². The summed E-state index contributed by atoms with van der Waals surface area (Å²) < 4.78 is 5.12. The topological polar surface area (TPSA) is 91.7 Å². The summed E-state index contributed by atoms with van der Waals surface area (Å²) in [5.74, 6) is 0. The lowest BCUT2D eigenvalue weighted by molar-refractivity contribution is 0.112. The number of fused-ring (bicyclic) bond motifs is 1. The number of hydrogen-bond donors (Lipinski definition) is 2. The Bertz CT molecular complexity index is 784. The van der Waals surface area contributed by atoms with Crippen molar-refractivity contribution < 1.29 is 14.0 Å². The van der Waals surface area contributed by atoms with Gasteiger partial charge in [-0.2, -0.15) is 0 Å². The number of nitrogens with zero attached hydrogens (tertiary/aromatic N) is 1. The Kier molecular flexibility index (Phi) is 3.78. The maximum absolute atomic E-state index is 11.8. The molecule has 2 amide bonds. The molecule has 1 aromatic carbocycles. The Hall–Kier alpha value is -2.83. The molecule has 1 aromatic heterocycles. The number of benzene rings is 1. The first kappa shape index (κ1) is 14.1.